The van der Waals surface area contributed by atoms with Crippen molar-refractivity contribution in [2.75, 3.05) is 25.5 Å². The number of halogens is 3. The molecule has 148 valence electrons. The zero-order chi connectivity index (χ0) is 19.9. The molecule has 0 unspecified atom stereocenters. The minimum atomic E-state index is -4.51. The summed E-state index contributed by atoms with van der Waals surface area (Å²) in [6.07, 6.45) is -0.695. The van der Waals surface area contributed by atoms with Crippen molar-refractivity contribution in [2.45, 2.75) is 25.1 Å². The van der Waals surface area contributed by atoms with E-state index in [4.69, 9.17) is 0 Å². The van der Waals surface area contributed by atoms with Gasteiger partial charge < -0.3 is 15.3 Å². The molecular weight excluding hydrogens is 371 g/mol. The molecule has 1 atom stereocenters. The minimum Gasteiger partial charge on any atom is -0.506 e. The third kappa shape index (κ3) is 3.75. The van der Waals surface area contributed by atoms with Crippen LogP contribution in [0.4, 0.5) is 19.0 Å². The Labute approximate surface area is 159 Å². The Kier molecular flexibility index (Phi) is 4.62. The van der Waals surface area contributed by atoms with Gasteiger partial charge >= 0.3 is 6.18 Å². The Morgan fingerprint density at radius 3 is 2.75 bits per heavy atom. The lowest BCUT2D eigenvalue weighted by Gasteiger charge is -2.30. The number of aromatic hydroxyl groups is 1. The second-order valence-electron chi connectivity index (χ2n) is 7.13. The number of anilines is 1. The number of phenols is 1. The zero-order valence-electron chi connectivity index (χ0n) is 15.2. The van der Waals surface area contributed by atoms with Crippen LogP contribution < -0.4 is 5.32 Å². The average Bonchev–Trinajstić information content (AvgIpc) is 3.04. The number of hydrogen-bond acceptors (Lipinski definition) is 5. The van der Waals surface area contributed by atoms with Crippen molar-refractivity contribution >= 4 is 16.9 Å². The van der Waals surface area contributed by atoms with Crippen molar-refractivity contribution in [1.82, 2.24) is 19.7 Å². The maximum atomic E-state index is 12.8. The summed E-state index contributed by atoms with van der Waals surface area (Å²) in [6.45, 7) is 2.03. The van der Waals surface area contributed by atoms with Crippen molar-refractivity contribution in [3.05, 3.63) is 42.1 Å². The number of nitrogens with zero attached hydrogens (tertiary/aromatic N) is 4. The van der Waals surface area contributed by atoms with Crippen molar-refractivity contribution < 1.29 is 18.3 Å². The summed E-state index contributed by atoms with van der Waals surface area (Å²) >= 11 is 0. The van der Waals surface area contributed by atoms with Gasteiger partial charge in [-0.3, -0.25) is 0 Å². The molecule has 0 spiro atoms. The second kappa shape index (κ2) is 6.97. The predicted molar refractivity (Wildman–Crippen MR) is 99.7 cm³/mol. The molecule has 28 heavy (non-hydrogen) atoms. The molecular formula is C19H20F3N5O. The van der Waals surface area contributed by atoms with Crippen LogP contribution in [-0.2, 0) is 6.18 Å². The van der Waals surface area contributed by atoms with E-state index in [0.717, 1.165) is 37.4 Å². The minimum absolute atomic E-state index is 0.161. The number of benzene rings is 1. The molecule has 0 bridgehead atoms. The van der Waals surface area contributed by atoms with Gasteiger partial charge in [0, 0.05) is 24.2 Å². The first-order chi connectivity index (χ1) is 13.3. The lowest BCUT2D eigenvalue weighted by molar-refractivity contribution is -0.137. The molecule has 2 aromatic heterocycles. The molecule has 0 radical (unpaired) electrons. The number of piperidine rings is 1. The maximum absolute atomic E-state index is 12.8. The number of aromatic nitrogens is 3. The molecule has 1 aliphatic rings. The summed E-state index contributed by atoms with van der Waals surface area (Å²) in [5.74, 6) is 0.209. The number of hydrogen-bond donors (Lipinski definition) is 2. The monoisotopic (exact) mass is 391 g/mol. The van der Waals surface area contributed by atoms with E-state index >= 15 is 0 Å². The van der Waals surface area contributed by atoms with E-state index in [1.807, 2.05) is 12.1 Å². The summed E-state index contributed by atoms with van der Waals surface area (Å²) in [5.41, 5.74) is -0.296. The summed E-state index contributed by atoms with van der Waals surface area (Å²) < 4.78 is 39.7. The van der Waals surface area contributed by atoms with Gasteiger partial charge in [-0.05, 0) is 56.8 Å². The van der Waals surface area contributed by atoms with Crippen molar-refractivity contribution in [3.63, 3.8) is 0 Å². The average molecular weight is 391 g/mol. The van der Waals surface area contributed by atoms with E-state index in [-0.39, 0.29) is 5.69 Å². The zero-order valence-corrected chi connectivity index (χ0v) is 15.2. The normalized spacial score (nSPS) is 18.5. The number of pyridine rings is 1. The standard InChI is InChI=1S/C19H20F3N5O/c1-26-8-2-3-14(11-26)23-17-7-4-12-10-27(25-18(12)24-17)15-6-5-13(9-16(15)28)19(20,21)22/h4-7,9-10,14,28H,2-3,8,11H2,1H3,(H,23,24,25)/t14-/m1/s1. The third-order valence-corrected chi connectivity index (χ3v) is 4.90. The molecule has 0 saturated carbocycles. The van der Waals surface area contributed by atoms with Crippen LogP contribution in [0.15, 0.2) is 36.5 Å². The molecule has 1 aromatic carbocycles. The van der Waals surface area contributed by atoms with E-state index in [2.05, 4.69) is 27.3 Å². The number of phenolic OH excluding ortho intramolecular Hbond substituents is 1. The highest BCUT2D eigenvalue weighted by atomic mass is 19.4. The van der Waals surface area contributed by atoms with Crippen LogP contribution >= 0.6 is 0 Å². The molecule has 6 nitrogen and oxygen atoms in total. The van der Waals surface area contributed by atoms with Crippen molar-refractivity contribution in [1.29, 1.82) is 0 Å². The van der Waals surface area contributed by atoms with Gasteiger partial charge in [0.15, 0.2) is 5.65 Å². The first-order valence-corrected chi connectivity index (χ1v) is 9.02. The van der Waals surface area contributed by atoms with Crippen molar-refractivity contribution in [3.8, 4) is 11.4 Å². The fraction of sp³-hybridized carbons (Fsp3) is 0.368. The molecule has 9 heteroatoms. The quantitative estimate of drug-likeness (QED) is 0.714. The van der Waals surface area contributed by atoms with Crippen LogP contribution in [0, 0.1) is 0 Å². The summed E-state index contributed by atoms with van der Waals surface area (Å²) in [4.78, 5) is 6.77. The first-order valence-electron chi connectivity index (χ1n) is 9.02. The van der Waals surface area contributed by atoms with E-state index in [0.29, 0.717) is 23.6 Å². The van der Waals surface area contributed by atoms with E-state index in [1.165, 1.54) is 10.7 Å². The molecule has 2 N–H and O–H groups in total. The summed E-state index contributed by atoms with van der Waals surface area (Å²) in [5, 5.41) is 18.5. The third-order valence-electron chi connectivity index (χ3n) is 4.90. The van der Waals surface area contributed by atoms with Gasteiger partial charge in [-0.1, -0.05) is 0 Å². The Morgan fingerprint density at radius 1 is 1.21 bits per heavy atom. The molecule has 1 saturated heterocycles. The second-order valence-corrected chi connectivity index (χ2v) is 7.13. The Balaban J connectivity index is 1.60. The van der Waals surface area contributed by atoms with Crippen LogP contribution in [0.3, 0.4) is 0 Å². The van der Waals surface area contributed by atoms with Gasteiger partial charge in [0.2, 0.25) is 0 Å². The van der Waals surface area contributed by atoms with Gasteiger partial charge in [0.05, 0.1) is 5.56 Å². The maximum Gasteiger partial charge on any atom is 0.416 e. The van der Waals surface area contributed by atoms with Gasteiger partial charge in [0.1, 0.15) is 17.3 Å². The predicted octanol–water partition coefficient (Wildman–Crippen LogP) is 3.65. The molecule has 4 rings (SSSR count). The topological polar surface area (TPSA) is 66.2 Å². The highest BCUT2D eigenvalue weighted by molar-refractivity contribution is 5.77. The molecule has 3 heterocycles. The van der Waals surface area contributed by atoms with E-state index < -0.39 is 17.5 Å². The summed E-state index contributed by atoms with van der Waals surface area (Å²) in [6, 6.07) is 6.83. The number of fused-ring (bicyclic) bond motifs is 1. The fourth-order valence-electron chi connectivity index (χ4n) is 3.49. The number of likely N-dealkylation sites (N-methyl/N-ethyl adjacent to an activating group) is 1. The number of nitrogens with one attached hydrogen (secondary N) is 1. The van der Waals surface area contributed by atoms with Gasteiger partial charge in [-0.2, -0.15) is 13.2 Å². The molecule has 0 amide bonds. The van der Waals surface area contributed by atoms with Gasteiger partial charge in [-0.25, -0.2) is 9.67 Å². The van der Waals surface area contributed by atoms with Gasteiger partial charge in [-0.15, -0.1) is 5.10 Å². The molecule has 3 aromatic rings. The largest absolute Gasteiger partial charge is 0.506 e. The van der Waals surface area contributed by atoms with Crippen LogP contribution in [0.5, 0.6) is 5.75 Å². The molecule has 1 aliphatic heterocycles. The number of alkyl halides is 3. The fourth-order valence-corrected chi connectivity index (χ4v) is 3.49. The Bertz CT molecular complexity index is 1000. The lowest BCUT2D eigenvalue weighted by atomic mass is 10.1. The van der Waals surface area contributed by atoms with Gasteiger partial charge in [0.25, 0.3) is 0 Å². The van der Waals surface area contributed by atoms with E-state index in [9.17, 15) is 18.3 Å². The van der Waals surface area contributed by atoms with Crippen LogP contribution in [0.2, 0.25) is 0 Å². The Hall–Kier alpha value is -2.81. The molecule has 1 fully saturated rings. The molecule has 0 aliphatic carbocycles. The number of rotatable bonds is 3. The Morgan fingerprint density at radius 2 is 2.04 bits per heavy atom. The van der Waals surface area contributed by atoms with Crippen LogP contribution in [0.25, 0.3) is 16.7 Å². The smallest absolute Gasteiger partial charge is 0.416 e. The first kappa shape index (κ1) is 18.5. The lowest BCUT2D eigenvalue weighted by Crippen LogP contribution is -2.39. The number of likely N-dealkylation sites (tertiary alicyclic amines) is 1. The van der Waals surface area contributed by atoms with E-state index in [1.54, 1.807) is 6.20 Å². The van der Waals surface area contributed by atoms with Crippen LogP contribution in [-0.4, -0.2) is 50.9 Å². The van der Waals surface area contributed by atoms with Crippen molar-refractivity contribution in [2.24, 2.45) is 0 Å². The highest BCUT2D eigenvalue weighted by Gasteiger charge is 2.31. The SMILES string of the molecule is CN1CCC[C@@H](Nc2ccc3cn(-c4ccc(C(F)(F)F)cc4O)nc3n2)C1. The summed E-state index contributed by atoms with van der Waals surface area (Å²) in [7, 11) is 2.09. The van der Waals surface area contributed by atoms with Crippen LogP contribution in [0.1, 0.15) is 18.4 Å². The highest BCUT2D eigenvalue weighted by Crippen LogP contribution is 2.34.